The minimum atomic E-state index is -0.304. The Balaban J connectivity index is 1.97. The molecular formula is C12H23NO. The van der Waals surface area contributed by atoms with Crippen LogP contribution in [0.2, 0.25) is 0 Å². The van der Waals surface area contributed by atoms with Gasteiger partial charge >= 0.3 is 0 Å². The van der Waals surface area contributed by atoms with Crippen LogP contribution in [0.25, 0.3) is 0 Å². The normalized spacial score (nSPS) is 32.1. The van der Waals surface area contributed by atoms with E-state index in [0.717, 1.165) is 19.4 Å². The third-order valence-corrected chi connectivity index (χ3v) is 3.42. The summed E-state index contributed by atoms with van der Waals surface area (Å²) < 4.78 is 0. The molecule has 2 aliphatic rings. The van der Waals surface area contributed by atoms with Crippen molar-refractivity contribution in [2.75, 3.05) is 13.1 Å². The van der Waals surface area contributed by atoms with Gasteiger partial charge in [0.2, 0.25) is 0 Å². The number of aliphatic hydroxyl groups is 1. The van der Waals surface area contributed by atoms with Crippen LogP contribution < -0.4 is 0 Å². The number of rotatable bonds is 2. The van der Waals surface area contributed by atoms with Crippen molar-refractivity contribution in [2.45, 2.75) is 58.1 Å². The van der Waals surface area contributed by atoms with Crippen molar-refractivity contribution < 1.29 is 5.11 Å². The highest BCUT2D eigenvalue weighted by Crippen LogP contribution is 2.45. The van der Waals surface area contributed by atoms with Crippen molar-refractivity contribution in [3.63, 3.8) is 0 Å². The maximum atomic E-state index is 10.2. The van der Waals surface area contributed by atoms with E-state index in [1.54, 1.807) is 0 Å². The lowest BCUT2D eigenvalue weighted by Gasteiger charge is -2.33. The van der Waals surface area contributed by atoms with Crippen LogP contribution in [0.15, 0.2) is 0 Å². The lowest BCUT2D eigenvalue weighted by molar-refractivity contribution is 0.0374. The van der Waals surface area contributed by atoms with Crippen LogP contribution in [0.3, 0.4) is 0 Å². The summed E-state index contributed by atoms with van der Waals surface area (Å²) in [6.07, 6.45) is 4.52. The quantitative estimate of drug-likeness (QED) is 0.732. The van der Waals surface area contributed by atoms with Gasteiger partial charge in [-0.05, 0) is 37.6 Å². The fourth-order valence-corrected chi connectivity index (χ4v) is 2.69. The molecule has 14 heavy (non-hydrogen) atoms. The average Bonchev–Trinajstić information content (AvgIpc) is 2.60. The Morgan fingerprint density at radius 2 is 2.00 bits per heavy atom. The lowest BCUT2D eigenvalue weighted by atomic mass is 9.95. The highest BCUT2D eigenvalue weighted by Gasteiger charge is 2.51. The van der Waals surface area contributed by atoms with Crippen LogP contribution in [-0.2, 0) is 0 Å². The Labute approximate surface area is 87.3 Å². The monoisotopic (exact) mass is 197 g/mol. The van der Waals surface area contributed by atoms with Gasteiger partial charge in [0, 0.05) is 12.6 Å². The van der Waals surface area contributed by atoms with Crippen molar-refractivity contribution in [2.24, 2.45) is 5.41 Å². The molecule has 1 aliphatic heterocycles. The predicted octanol–water partition coefficient (Wildman–Crippen LogP) is 2.02. The molecule has 0 aromatic carbocycles. The Kier molecular flexibility index (Phi) is 2.39. The molecule has 1 saturated carbocycles. The number of likely N-dealkylation sites (tertiary alicyclic amines) is 1. The molecule has 1 N–H and O–H groups in total. The average molecular weight is 197 g/mol. The first-order valence-corrected chi connectivity index (χ1v) is 5.87. The molecule has 1 unspecified atom stereocenters. The minimum absolute atomic E-state index is 0.304. The molecule has 0 bridgehead atoms. The Hall–Kier alpha value is -0.0800. The largest absolute Gasteiger partial charge is 0.388 e. The summed E-state index contributed by atoms with van der Waals surface area (Å²) in [5.41, 5.74) is 0.0512. The van der Waals surface area contributed by atoms with E-state index in [2.05, 4.69) is 25.7 Å². The molecule has 2 rings (SSSR count). The third-order valence-electron chi connectivity index (χ3n) is 3.42. The van der Waals surface area contributed by atoms with Gasteiger partial charge in [0.15, 0.2) is 0 Å². The van der Waals surface area contributed by atoms with Crippen molar-refractivity contribution in [1.82, 2.24) is 4.90 Å². The number of hydrogen-bond acceptors (Lipinski definition) is 2. The Bertz CT molecular complexity index is 215. The lowest BCUT2D eigenvalue weighted by Crippen LogP contribution is -2.44. The zero-order valence-corrected chi connectivity index (χ0v) is 9.71. The van der Waals surface area contributed by atoms with E-state index in [9.17, 15) is 5.11 Å². The summed E-state index contributed by atoms with van der Waals surface area (Å²) in [7, 11) is 0. The van der Waals surface area contributed by atoms with Crippen LogP contribution in [0.5, 0.6) is 0 Å². The molecule has 0 radical (unpaired) electrons. The van der Waals surface area contributed by atoms with E-state index in [1.807, 2.05) is 0 Å². The maximum Gasteiger partial charge on any atom is 0.0804 e. The fraction of sp³-hybridized carbons (Fsp3) is 1.00. The molecule has 2 fully saturated rings. The second-order valence-electron chi connectivity index (χ2n) is 6.29. The molecule has 1 aliphatic carbocycles. The summed E-state index contributed by atoms with van der Waals surface area (Å²) in [4.78, 5) is 2.51. The summed E-state index contributed by atoms with van der Waals surface area (Å²) in [5, 5.41) is 10.2. The number of nitrogens with zero attached hydrogens (tertiary/aromatic N) is 1. The van der Waals surface area contributed by atoms with Gasteiger partial charge in [-0.3, -0.25) is 4.90 Å². The third kappa shape index (κ3) is 2.12. The van der Waals surface area contributed by atoms with Gasteiger partial charge in [0.05, 0.1) is 5.60 Å². The van der Waals surface area contributed by atoms with Crippen LogP contribution in [-0.4, -0.2) is 34.7 Å². The molecule has 2 heteroatoms. The van der Waals surface area contributed by atoms with Crippen molar-refractivity contribution >= 4 is 0 Å². The van der Waals surface area contributed by atoms with E-state index in [1.165, 1.54) is 19.4 Å². The summed E-state index contributed by atoms with van der Waals surface area (Å²) in [6.45, 7) is 9.14. The van der Waals surface area contributed by atoms with Crippen molar-refractivity contribution in [3.8, 4) is 0 Å². The van der Waals surface area contributed by atoms with Gasteiger partial charge in [-0.2, -0.15) is 0 Å². The molecule has 0 aromatic rings. The number of hydrogen-bond donors (Lipinski definition) is 1. The van der Waals surface area contributed by atoms with Gasteiger partial charge in [0.1, 0.15) is 0 Å². The minimum Gasteiger partial charge on any atom is -0.388 e. The fourth-order valence-electron chi connectivity index (χ4n) is 2.69. The van der Waals surface area contributed by atoms with Gasteiger partial charge in [-0.1, -0.05) is 20.8 Å². The Morgan fingerprint density at radius 3 is 2.50 bits per heavy atom. The standard InChI is InChI=1S/C12H23NO/c1-11(2,3)9-13-8-4-5-10(13)12(14)6-7-12/h10,14H,4-9H2,1-3H3. The zero-order chi connectivity index (χ0) is 10.4. The van der Waals surface area contributed by atoms with E-state index in [0.29, 0.717) is 11.5 Å². The topological polar surface area (TPSA) is 23.5 Å². The Morgan fingerprint density at radius 1 is 1.36 bits per heavy atom. The van der Waals surface area contributed by atoms with Gasteiger partial charge in [0.25, 0.3) is 0 Å². The van der Waals surface area contributed by atoms with Crippen LogP contribution in [0.4, 0.5) is 0 Å². The van der Waals surface area contributed by atoms with Gasteiger partial charge in [-0.15, -0.1) is 0 Å². The summed E-state index contributed by atoms with van der Waals surface area (Å²) >= 11 is 0. The summed E-state index contributed by atoms with van der Waals surface area (Å²) in [5.74, 6) is 0. The molecule has 1 atom stereocenters. The second kappa shape index (κ2) is 3.21. The first kappa shape index (κ1) is 10.4. The first-order valence-electron chi connectivity index (χ1n) is 5.87. The molecule has 0 amide bonds. The van der Waals surface area contributed by atoms with Crippen LogP contribution >= 0.6 is 0 Å². The highest BCUT2D eigenvalue weighted by molar-refractivity contribution is 5.06. The molecule has 0 aromatic heterocycles. The first-order chi connectivity index (χ1) is 6.41. The van der Waals surface area contributed by atoms with E-state index >= 15 is 0 Å². The molecular weight excluding hydrogens is 174 g/mol. The predicted molar refractivity (Wildman–Crippen MR) is 58.2 cm³/mol. The summed E-state index contributed by atoms with van der Waals surface area (Å²) in [6, 6.07) is 0.460. The molecule has 1 heterocycles. The van der Waals surface area contributed by atoms with E-state index in [-0.39, 0.29) is 5.60 Å². The van der Waals surface area contributed by atoms with Crippen LogP contribution in [0, 0.1) is 5.41 Å². The molecule has 82 valence electrons. The smallest absolute Gasteiger partial charge is 0.0804 e. The van der Waals surface area contributed by atoms with Gasteiger partial charge in [-0.25, -0.2) is 0 Å². The molecule has 0 spiro atoms. The highest BCUT2D eigenvalue weighted by atomic mass is 16.3. The zero-order valence-electron chi connectivity index (χ0n) is 9.71. The van der Waals surface area contributed by atoms with Gasteiger partial charge < -0.3 is 5.11 Å². The maximum absolute atomic E-state index is 10.2. The van der Waals surface area contributed by atoms with E-state index < -0.39 is 0 Å². The van der Waals surface area contributed by atoms with Crippen molar-refractivity contribution in [3.05, 3.63) is 0 Å². The second-order valence-corrected chi connectivity index (χ2v) is 6.29. The SMILES string of the molecule is CC(C)(C)CN1CCCC1C1(O)CC1. The van der Waals surface area contributed by atoms with E-state index in [4.69, 9.17) is 0 Å². The van der Waals surface area contributed by atoms with Crippen LogP contribution in [0.1, 0.15) is 46.5 Å². The molecule has 2 nitrogen and oxygen atoms in total. The van der Waals surface area contributed by atoms with Crippen molar-refractivity contribution in [1.29, 1.82) is 0 Å². The molecule has 1 saturated heterocycles.